The van der Waals surface area contributed by atoms with Crippen molar-refractivity contribution in [1.82, 2.24) is 0 Å². The minimum Gasteiger partial charge on any atom is -0.398 e. The summed E-state index contributed by atoms with van der Waals surface area (Å²) in [5.74, 6) is 0.616. The molecule has 5 heteroatoms. The fourth-order valence-electron chi connectivity index (χ4n) is 2.74. The summed E-state index contributed by atoms with van der Waals surface area (Å²) in [5, 5.41) is -0.180. The maximum absolute atomic E-state index is 12.4. The van der Waals surface area contributed by atoms with Crippen LogP contribution in [0.2, 0.25) is 0 Å². The average Bonchev–Trinajstić information content (AvgIpc) is 2.33. The van der Waals surface area contributed by atoms with Crippen LogP contribution >= 0.6 is 15.9 Å². The molecule has 1 aromatic rings. The lowest BCUT2D eigenvalue weighted by Gasteiger charge is -2.26. The van der Waals surface area contributed by atoms with E-state index in [1.54, 1.807) is 6.07 Å². The zero-order valence-electron chi connectivity index (χ0n) is 11.1. The van der Waals surface area contributed by atoms with E-state index in [-0.39, 0.29) is 11.0 Å². The van der Waals surface area contributed by atoms with Gasteiger partial charge in [-0.15, -0.1) is 0 Å². The molecular weight excluding hydrogens is 326 g/mol. The van der Waals surface area contributed by atoms with Gasteiger partial charge < -0.3 is 5.73 Å². The summed E-state index contributed by atoms with van der Waals surface area (Å²) in [6.45, 7) is 2.14. The number of sulfone groups is 1. The first-order chi connectivity index (χ1) is 8.88. The molecule has 3 nitrogen and oxygen atoms in total. The minimum atomic E-state index is -3.07. The normalized spacial score (nSPS) is 24.3. The quantitative estimate of drug-likeness (QED) is 0.852. The first-order valence-electron chi connectivity index (χ1n) is 6.64. The number of hydrogen-bond acceptors (Lipinski definition) is 3. The molecule has 0 spiro atoms. The van der Waals surface area contributed by atoms with Crippen LogP contribution in [-0.2, 0) is 15.6 Å². The van der Waals surface area contributed by atoms with Gasteiger partial charge in [-0.3, -0.25) is 0 Å². The molecule has 1 saturated carbocycles. The third kappa shape index (κ3) is 3.72. The number of nitrogens with two attached hydrogens (primary N) is 1. The van der Waals surface area contributed by atoms with E-state index in [4.69, 9.17) is 5.73 Å². The first kappa shape index (κ1) is 14.9. The van der Waals surface area contributed by atoms with Crippen LogP contribution in [0.15, 0.2) is 22.7 Å². The summed E-state index contributed by atoms with van der Waals surface area (Å²) in [5.41, 5.74) is 7.16. The van der Waals surface area contributed by atoms with Crippen molar-refractivity contribution in [3.63, 3.8) is 0 Å². The van der Waals surface area contributed by atoms with E-state index in [1.165, 1.54) is 0 Å². The van der Waals surface area contributed by atoms with Crippen LogP contribution in [0.4, 0.5) is 5.69 Å². The topological polar surface area (TPSA) is 60.2 Å². The summed E-state index contributed by atoms with van der Waals surface area (Å²) < 4.78 is 25.7. The van der Waals surface area contributed by atoms with Gasteiger partial charge >= 0.3 is 0 Å². The lowest BCUT2D eigenvalue weighted by atomic mass is 9.91. The van der Waals surface area contributed by atoms with Gasteiger partial charge in [-0.1, -0.05) is 25.8 Å². The molecule has 2 unspecified atom stereocenters. The predicted molar refractivity (Wildman–Crippen MR) is 82.6 cm³/mol. The van der Waals surface area contributed by atoms with Crippen molar-refractivity contribution >= 4 is 31.5 Å². The van der Waals surface area contributed by atoms with Crippen LogP contribution in [0.3, 0.4) is 0 Å². The summed E-state index contributed by atoms with van der Waals surface area (Å²) in [7, 11) is -3.07. The third-order valence-electron chi connectivity index (χ3n) is 3.82. The van der Waals surface area contributed by atoms with Crippen LogP contribution in [0, 0.1) is 5.92 Å². The second-order valence-corrected chi connectivity index (χ2v) is 8.69. The molecular formula is C14H20BrNO2S. The zero-order chi connectivity index (χ0) is 14.0. The van der Waals surface area contributed by atoms with Crippen LogP contribution in [0.25, 0.3) is 0 Å². The molecule has 0 radical (unpaired) electrons. The molecule has 106 valence electrons. The molecule has 0 aliphatic heterocycles. The van der Waals surface area contributed by atoms with Crippen molar-refractivity contribution in [3.8, 4) is 0 Å². The summed E-state index contributed by atoms with van der Waals surface area (Å²) >= 11 is 3.32. The largest absolute Gasteiger partial charge is 0.398 e. The molecule has 0 bridgehead atoms. The van der Waals surface area contributed by atoms with E-state index in [9.17, 15) is 8.42 Å². The SMILES string of the molecule is CC1CCCC(S(=O)(=O)Cc2ccc(Br)c(N)c2)C1. The third-order valence-corrected chi connectivity index (χ3v) is 6.73. The summed E-state index contributed by atoms with van der Waals surface area (Å²) in [6.07, 6.45) is 3.78. The van der Waals surface area contributed by atoms with Gasteiger partial charge in [0.15, 0.2) is 9.84 Å². The number of nitrogen functional groups attached to an aromatic ring is 1. The number of rotatable bonds is 3. The van der Waals surface area contributed by atoms with E-state index in [2.05, 4.69) is 22.9 Å². The molecule has 1 aliphatic rings. The van der Waals surface area contributed by atoms with E-state index >= 15 is 0 Å². The Balaban J connectivity index is 2.14. The van der Waals surface area contributed by atoms with Gasteiger partial charge in [0, 0.05) is 10.2 Å². The average molecular weight is 346 g/mol. The summed E-state index contributed by atoms with van der Waals surface area (Å²) in [6, 6.07) is 5.38. The van der Waals surface area contributed by atoms with E-state index in [0.717, 1.165) is 35.7 Å². The molecule has 1 aromatic carbocycles. The number of anilines is 1. The Morgan fingerprint density at radius 1 is 1.37 bits per heavy atom. The molecule has 0 aromatic heterocycles. The molecule has 0 saturated heterocycles. The van der Waals surface area contributed by atoms with Crippen molar-refractivity contribution in [1.29, 1.82) is 0 Å². The van der Waals surface area contributed by atoms with Crippen molar-refractivity contribution in [2.45, 2.75) is 43.6 Å². The minimum absolute atomic E-state index is 0.0991. The molecule has 1 aliphatic carbocycles. The Morgan fingerprint density at radius 3 is 2.74 bits per heavy atom. The van der Waals surface area contributed by atoms with Gasteiger partial charge in [0.2, 0.25) is 0 Å². The Bertz CT molecular complexity index is 557. The highest BCUT2D eigenvalue weighted by atomic mass is 79.9. The molecule has 2 N–H and O–H groups in total. The Morgan fingerprint density at radius 2 is 2.11 bits per heavy atom. The van der Waals surface area contributed by atoms with Gasteiger partial charge in [0.05, 0.1) is 11.0 Å². The van der Waals surface area contributed by atoms with Crippen molar-refractivity contribution in [3.05, 3.63) is 28.2 Å². The predicted octanol–water partition coefficient (Wildman–Crippen LogP) is 3.52. The Labute approximate surface area is 123 Å². The molecule has 19 heavy (non-hydrogen) atoms. The van der Waals surface area contributed by atoms with Gasteiger partial charge in [0.25, 0.3) is 0 Å². The number of benzene rings is 1. The van der Waals surface area contributed by atoms with Gasteiger partial charge in [-0.05, 0) is 52.4 Å². The lowest BCUT2D eigenvalue weighted by Crippen LogP contribution is -2.28. The van der Waals surface area contributed by atoms with Crippen LogP contribution in [0.1, 0.15) is 38.2 Å². The fourth-order valence-corrected chi connectivity index (χ4v) is 5.01. The van der Waals surface area contributed by atoms with Gasteiger partial charge in [0.1, 0.15) is 0 Å². The van der Waals surface area contributed by atoms with Gasteiger partial charge in [-0.2, -0.15) is 0 Å². The first-order valence-corrected chi connectivity index (χ1v) is 9.15. The molecule has 0 heterocycles. The number of halogens is 1. The lowest BCUT2D eigenvalue weighted by molar-refractivity contribution is 0.382. The second kappa shape index (κ2) is 5.83. The van der Waals surface area contributed by atoms with Crippen molar-refractivity contribution in [2.24, 2.45) is 5.92 Å². The monoisotopic (exact) mass is 345 g/mol. The molecule has 2 rings (SSSR count). The standard InChI is InChI=1S/C14H20BrNO2S/c1-10-3-2-4-12(7-10)19(17,18)9-11-5-6-13(15)14(16)8-11/h5-6,8,10,12H,2-4,7,9,16H2,1H3. The van der Waals surface area contributed by atoms with Gasteiger partial charge in [-0.25, -0.2) is 8.42 Å². The Kier molecular flexibility index (Phi) is 4.56. The van der Waals surface area contributed by atoms with E-state index in [0.29, 0.717) is 11.6 Å². The van der Waals surface area contributed by atoms with Crippen molar-refractivity contribution < 1.29 is 8.42 Å². The van der Waals surface area contributed by atoms with Crippen molar-refractivity contribution in [2.75, 3.05) is 5.73 Å². The molecule has 0 amide bonds. The molecule has 1 fully saturated rings. The van der Waals surface area contributed by atoms with Crippen LogP contribution in [-0.4, -0.2) is 13.7 Å². The highest BCUT2D eigenvalue weighted by Gasteiger charge is 2.30. The fraction of sp³-hybridized carbons (Fsp3) is 0.571. The smallest absolute Gasteiger partial charge is 0.157 e. The number of hydrogen-bond donors (Lipinski definition) is 1. The van der Waals surface area contributed by atoms with Crippen LogP contribution < -0.4 is 5.73 Å². The second-order valence-electron chi connectivity index (χ2n) is 5.56. The Hall–Kier alpha value is -0.550. The van der Waals surface area contributed by atoms with Crippen LogP contribution in [0.5, 0.6) is 0 Å². The summed E-state index contributed by atoms with van der Waals surface area (Å²) in [4.78, 5) is 0. The highest BCUT2D eigenvalue weighted by molar-refractivity contribution is 9.10. The van der Waals surface area contributed by atoms with E-state index in [1.807, 2.05) is 12.1 Å². The highest BCUT2D eigenvalue weighted by Crippen LogP contribution is 2.30. The molecule has 2 atom stereocenters. The zero-order valence-corrected chi connectivity index (χ0v) is 13.5. The maximum atomic E-state index is 12.4. The van der Waals surface area contributed by atoms with E-state index < -0.39 is 9.84 Å². The maximum Gasteiger partial charge on any atom is 0.157 e.